The Kier molecular flexibility index (Phi) is 24.3. The van der Waals surface area contributed by atoms with Gasteiger partial charge < -0.3 is 57.2 Å². The van der Waals surface area contributed by atoms with Crippen LogP contribution in [-0.4, -0.2) is 59.7 Å². The number of aliphatic hydroxyl groups is 1. The summed E-state index contributed by atoms with van der Waals surface area (Å²) in [6, 6.07) is 92.3. The fourth-order valence-corrected chi connectivity index (χ4v) is 13.5. The lowest BCUT2D eigenvalue weighted by Crippen LogP contribution is -2.32. The Morgan fingerprint density at radius 3 is 1.06 bits per heavy atom. The quantitative estimate of drug-likeness (QED) is 0.0346. The van der Waals surface area contributed by atoms with E-state index in [9.17, 15) is 14.7 Å². The van der Waals surface area contributed by atoms with Gasteiger partial charge in [0, 0.05) is 16.5 Å². The number of alkyl halides is 1. The molecule has 0 radical (unpaired) electrons. The highest BCUT2D eigenvalue weighted by molar-refractivity contribution is 9.08. The highest BCUT2D eigenvalue weighted by atomic mass is 79.9. The van der Waals surface area contributed by atoms with E-state index in [0.29, 0.717) is 50.8 Å². The van der Waals surface area contributed by atoms with Crippen molar-refractivity contribution in [3.63, 3.8) is 0 Å². The maximum Gasteiger partial charge on any atom is 0.337 e. The van der Waals surface area contributed by atoms with E-state index in [4.69, 9.17) is 47.4 Å². The molecule has 532 valence electrons. The zero-order valence-corrected chi connectivity index (χ0v) is 60.9. The van der Waals surface area contributed by atoms with Gasteiger partial charge >= 0.3 is 11.9 Å². The molecule has 2 aliphatic rings. The third kappa shape index (κ3) is 16.9. The van der Waals surface area contributed by atoms with Gasteiger partial charge in [0.25, 0.3) is 0 Å². The summed E-state index contributed by atoms with van der Waals surface area (Å²) in [6.45, 7) is 2.43. The number of carbonyl (C=O) groups is 2. The number of aliphatic hydroxyl groups excluding tert-OH is 1. The van der Waals surface area contributed by atoms with Gasteiger partial charge in [0.1, 0.15) is 58.9 Å². The minimum atomic E-state index is -0.925. The first kappa shape index (κ1) is 73.5. The Labute approximate surface area is 621 Å². The fraction of sp³-hybridized carbons (Fsp3) is 0.178. The lowest BCUT2D eigenvalue weighted by Gasteiger charge is -2.36. The van der Waals surface area contributed by atoms with Crippen molar-refractivity contribution in [2.45, 2.75) is 62.8 Å². The molecule has 15 heteroatoms. The maximum atomic E-state index is 11.9. The normalized spacial score (nSPS) is 11.7. The van der Waals surface area contributed by atoms with E-state index in [1.165, 1.54) is 14.2 Å². The SMILES string of the molecule is COC(=O)c1cccc(CBr)c1.COC(=O)c1cccc(COCc2ccc3c(c2)COc2cc(COC(c4ccccc4)(c4ccc(OC)cc4)c4ccc(OC)cc4)ccc2-3)c1.COc1ccc(C(OCc2ccc3c(c2)OCc2cc(CO)ccc2-3)(c2ccccc2)c2ccc(OC)cc2)cc1. The monoisotopic (exact) mass is 1460 g/mol. The van der Waals surface area contributed by atoms with Crippen molar-refractivity contribution in [2.75, 3.05) is 42.7 Å². The Hall–Kier alpha value is -11.3. The van der Waals surface area contributed by atoms with Crippen molar-refractivity contribution in [3.05, 3.63) is 368 Å². The van der Waals surface area contributed by atoms with Gasteiger partial charge in [0.05, 0.1) is 86.8 Å². The Morgan fingerprint density at radius 2 is 0.686 bits per heavy atom. The number of esters is 2. The molecule has 0 aliphatic carbocycles. The molecule has 0 fully saturated rings. The molecule has 2 aliphatic heterocycles. The summed E-state index contributed by atoms with van der Waals surface area (Å²) in [5, 5.41) is 10.3. The second-order valence-corrected chi connectivity index (χ2v) is 25.5. The number of benzene rings is 12. The average Bonchev–Trinajstić information content (AvgIpc) is 0.760. The zero-order chi connectivity index (χ0) is 73.1. The molecule has 0 spiro atoms. The maximum absolute atomic E-state index is 11.9. The summed E-state index contributed by atoms with van der Waals surface area (Å²) in [6.07, 6.45) is 0. The lowest BCUT2D eigenvalue weighted by atomic mass is 9.80. The van der Waals surface area contributed by atoms with Crippen LogP contribution in [-0.2, 0) is 86.5 Å². The van der Waals surface area contributed by atoms with Crippen LogP contribution in [0.1, 0.15) is 98.6 Å². The number of hydrogen-bond acceptors (Lipinski definition) is 14. The molecular weight excluding hydrogens is 1380 g/mol. The Balaban J connectivity index is 0.000000173. The van der Waals surface area contributed by atoms with Crippen LogP contribution < -0.4 is 28.4 Å². The van der Waals surface area contributed by atoms with Crippen molar-refractivity contribution >= 4 is 27.9 Å². The summed E-state index contributed by atoms with van der Waals surface area (Å²) < 4.78 is 64.0. The van der Waals surface area contributed by atoms with Crippen molar-refractivity contribution in [3.8, 4) is 56.8 Å². The van der Waals surface area contributed by atoms with E-state index in [2.05, 4.69) is 154 Å². The van der Waals surface area contributed by atoms with Gasteiger partial charge in [0.15, 0.2) is 0 Å². The Bertz CT molecular complexity index is 4800. The second kappa shape index (κ2) is 34.8. The van der Waals surface area contributed by atoms with E-state index in [1.807, 2.05) is 121 Å². The topological polar surface area (TPSA) is 156 Å². The molecule has 14 nitrogen and oxygen atoms in total. The fourth-order valence-electron chi connectivity index (χ4n) is 13.2. The minimum absolute atomic E-state index is 0.0158. The van der Waals surface area contributed by atoms with Crippen LogP contribution in [0.4, 0.5) is 0 Å². The van der Waals surface area contributed by atoms with Crippen molar-refractivity contribution in [1.82, 2.24) is 0 Å². The van der Waals surface area contributed by atoms with Crippen LogP contribution >= 0.6 is 15.9 Å². The summed E-state index contributed by atoms with van der Waals surface area (Å²) >= 11 is 3.31. The third-order valence-corrected chi connectivity index (χ3v) is 19.3. The molecule has 12 aromatic rings. The van der Waals surface area contributed by atoms with Crippen LogP contribution in [0.3, 0.4) is 0 Å². The number of rotatable bonds is 24. The van der Waals surface area contributed by atoms with E-state index >= 15 is 0 Å². The van der Waals surface area contributed by atoms with Gasteiger partial charge in [0.2, 0.25) is 0 Å². The van der Waals surface area contributed by atoms with Crippen molar-refractivity contribution < 1.29 is 66.8 Å². The van der Waals surface area contributed by atoms with Crippen LogP contribution in [0, 0.1) is 0 Å². The van der Waals surface area contributed by atoms with Gasteiger partial charge in [-0.15, -0.1) is 0 Å². The molecule has 12 aromatic carbocycles. The third-order valence-electron chi connectivity index (χ3n) is 18.6. The molecule has 0 saturated carbocycles. The van der Waals surface area contributed by atoms with Gasteiger partial charge in [-0.2, -0.15) is 0 Å². The molecule has 0 amide bonds. The lowest BCUT2D eigenvalue weighted by molar-refractivity contribution is 0.0000347. The highest BCUT2D eigenvalue weighted by Crippen LogP contribution is 2.47. The summed E-state index contributed by atoms with van der Waals surface area (Å²) in [5.74, 6) is 4.10. The zero-order valence-electron chi connectivity index (χ0n) is 59.3. The highest BCUT2D eigenvalue weighted by Gasteiger charge is 2.40. The molecule has 1 N–H and O–H groups in total. The van der Waals surface area contributed by atoms with E-state index in [0.717, 1.165) is 140 Å². The number of halogens is 1. The summed E-state index contributed by atoms with van der Waals surface area (Å²) in [5.41, 5.74) is 17.6. The van der Waals surface area contributed by atoms with Crippen LogP contribution in [0.5, 0.6) is 34.5 Å². The number of methoxy groups -OCH3 is 6. The number of fused-ring (bicyclic) bond motifs is 6. The molecule has 0 aromatic heterocycles. The average molecular weight is 1470 g/mol. The van der Waals surface area contributed by atoms with Gasteiger partial charge in [-0.1, -0.05) is 198 Å². The summed E-state index contributed by atoms with van der Waals surface area (Å²) in [4.78, 5) is 22.9. The molecular formula is C90H81BrO14. The second-order valence-electron chi connectivity index (χ2n) is 25.0. The van der Waals surface area contributed by atoms with Crippen LogP contribution in [0.15, 0.2) is 279 Å². The van der Waals surface area contributed by atoms with Crippen molar-refractivity contribution in [2.24, 2.45) is 0 Å². The van der Waals surface area contributed by atoms with Crippen molar-refractivity contribution in [1.29, 1.82) is 0 Å². The van der Waals surface area contributed by atoms with E-state index in [-0.39, 0.29) is 18.5 Å². The molecule has 0 unspecified atom stereocenters. The van der Waals surface area contributed by atoms with Gasteiger partial charge in [-0.05, 0) is 186 Å². The van der Waals surface area contributed by atoms with E-state index in [1.54, 1.807) is 52.7 Å². The molecule has 105 heavy (non-hydrogen) atoms. The molecule has 0 atom stereocenters. The number of carbonyl (C=O) groups excluding carboxylic acids is 2. The van der Waals surface area contributed by atoms with E-state index < -0.39 is 11.2 Å². The molecule has 0 saturated heterocycles. The predicted molar refractivity (Wildman–Crippen MR) is 409 cm³/mol. The predicted octanol–water partition coefficient (Wildman–Crippen LogP) is 18.9. The van der Waals surface area contributed by atoms with Crippen LogP contribution in [0.25, 0.3) is 22.3 Å². The molecule has 2 heterocycles. The molecule has 14 rings (SSSR count). The Morgan fingerprint density at radius 1 is 0.352 bits per heavy atom. The minimum Gasteiger partial charge on any atom is -0.497 e. The summed E-state index contributed by atoms with van der Waals surface area (Å²) in [7, 11) is 9.43. The largest absolute Gasteiger partial charge is 0.497 e. The molecule has 0 bridgehead atoms. The van der Waals surface area contributed by atoms with Gasteiger partial charge in [-0.3, -0.25) is 0 Å². The smallest absolute Gasteiger partial charge is 0.337 e. The first-order valence-electron chi connectivity index (χ1n) is 34.2. The first-order chi connectivity index (χ1) is 51.4. The number of hydrogen-bond donors (Lipinski definition) is 1. The number of ether oxygens (including phenoxy) is 11. The van der Waals surface area contributed by atoms with Crippen LogP contribution in [0.2, 0.25) is 0 Å². The standard InChI is InChI=1S/C45H40O7.C36H32O5.C9H9BrO2/c1-47-39-18-14-37(15-19-39)45(36-10-5-4-6-11-36,38-16-20-40(48-2)21-17-38)52-29-33-13-23-42-41-22-12-32(25-35(41)30-51-43(42)26-33)28-50-27-31-8-7-9-34(24-31)44(46)49-3;1-38-31-14-10-29(11-15-31)36(28-6-4-3-5-7-28,30-12-16-32(39-2)17-13-30)41-23-26-9-19-34-33-18-8-25(22-37)20-27(33)24-40-35(34)21-26;1-12-9(11)8-4-2-3-7(5-8)6-10/h4-26H,27-30H2,1-3H3;3-21,37H,22-24H2,1-2H3;2-5H,6H2,1H3. The van der Waals surface area contributed by atoms with Gasteiger partial charge in [-0.25, -0.2) is 9.59 Å². The first-order valence-corrected chi connectivity index (χ1v) is 35.4.